The van der Waals surface area contributed by atoms with Crippen LogP contribution in [0.15, 0.2) is 48.7 Å². The number of hydrogen-bond donors (Lipinski definition) is 0. The summed E-state index contributed by atoms with van der Waals surface area (Å²) in [4.78, 5) is 18.4. The SMILES string of the molecule is O=C1OC2(CCCCC2)CN1c1ccc(C#Cc2ccccc2)cn1. The van der Waals surface area contributed by atoms with E-state index in [1.807, 2.05) is 42.5 Å². The predicted octanol–water partition coefficient (Wildman–Crippen LogP) is 4.14. The Labute approximate surface area is 147 Å². The van der Waals surface area contributed by atoms with Crippen molar-refractivity contribution in [1.82, 2.24) is 4.98 Å². The van der Waals surface area contributed by atoms with Crippen LogP contribution in [0, 0.1) is 11.8 Å². The minimum atomic E-state index is -0.303. The highest BCUT2D eigenvalue weighted by atomic mass is 16.6. The molecule has 1 amide bonds. The smallest absolute Gasteiger partial charge is 0.416 e. The fraction of sp³-hybridized carbons (Fsp3) is 0.333. The molecule has 1 aliphatic carbocycles. The Morgan fingerprint density at radius 2 is 1.72 bits per heavy atom. The van der Waals surface area contributed by atoms with Gasteiger partial charge in [0.1, 0.15) is 11.4 Å². The number of ether oxygens (including phenoxy) is 1. The van der Waals surface area contributed by atoms with Gasteiger partial charge in [-0.15, -0.1) is 0 Å². The van der Waals surface area contributed by atoms with Gasteiger partial charge in [-0.3, -0.25) is 4.90 Å². The van der Waals surface area contributed by atoms with Gasteiger partial charge in [0.15, 0.2) is 0 Å². The molecule has 1 aromatic heterocycles. The third kappa shape index (κ3) is 3.36. The maximum atomic E-state index is 12.3. The van der Waals surface area contributed by atoms with Crippen molar-refractivity contribution in [3.05, 3.63) is 59.8 Å². The van der Waals surface area contributed by atoms with Crippen LogP contribution in [0.5, 0.6) is 0 Å². The Bertz CT molecular complexity index is 812. The van der Waals surface area contributed by atoms with E-state index in [0.717, 1.165) is 36.8 Å². The summed E-state index contributed by atoms with van der Waals surface area (Å²) in [5.74, 6) is 6.85. The number of carbonyl (C=O) groups excluding carboxylic acids is 1. The fourth-order valence-corrected chi connectivity index (χ4v) is 3.54. The van der Waals surface area contributed by atoms with Crippen LogP contribution in [-0.4, -0.2) is 23.2 Å². The third-order valence-electron chi connectivity index (χ3n) is 4.88. The molecule has 0 radical (unpaired) electrons. The van der Waals surface area contributed by atoms with E-state index in [2.05, 4.69) is 16.8 Å². The first-order valence-corrected chi connectivity index (χ1v) is 8.78. The number of amides is 1. The van der Waals surface area contributed by atoms with Crippen molar-refractivity contribution in [2.24, 2.45) is 0 Å². The second kappa shape index (κ2) is 6.60. The van der Waals surface area contributed by atoms with Crippen LogP contribution in [0.2, 0.25) is 0 Å². The number of nitrogens with zero attached hydrogens (tertiary/aromatic N) is 2. The lowest BCUT2D eigenvalue weighted by molar-refractivity contribution is 0.0260. The van der Waals surface area contributed by atoms with Gasteiger partial charge in [0.2, 0.25) is 0 Å². The maximum absolute atomic E-state index is 12.3. The van der Waals surface area contributed by atoms with Gasteiger partial charge < -0.3 is 4.74 Å². The molecule has 2 aliphatic rings. The number of pyridine rings is 1. The molecule has 0 atom stereocenters. The summed E-state index contributed by atoms with van der Waals surface area (Å²) in [6.45, 7) is 0.605. The molecule has 0 unspecified atom stereocenters. The van der Waals surface area contributed by atoms with E-state index in [1.54, 1.807) is 11.1 Å². The van der Waals surface area contributed by atoms with Crippen molar-refractivity contribution in [2.45, 2.75) is 37.7 Å². The molecular weight excluding hydrogens is 312 g/mol. The lowest BCUT2D eigenvalue weighted by Gasteiger charge is -2.30. The van der Waals surface area contributed by atoms with Crippen molar-refractivity contribution >= 4 is 11.9 Å². The summed E-state index contributed by atoms with van der Waals surface area (Å²) in [7, 11) is 0. The Hall–Kier alpha value is -2.80. The highest BCUT2D eigenvalue weighted by Gasteiger charge is 2.46. The van der Waals surface area contributed by atoms with Crippen LogP contribution >= 0.6 is 0 Å². The van der Waals surface area contributed by atoms with Crippen molar-refractivity contribution in [3.8, 4) is 11.8 Å². The first-order valence-electron chi connectivity index (χ1n) is 8.78. The molecule has 2 aromatic rings. The lowest BCUT2D eigenvalue weighted by Crippen LogP contribution is -2.36. The van der Waals surface area contributed by atoms with Crippen LogP contribution in [0.3, 0.4) is 0 Å². The molecule has 1 spiro atoms. The average molecular weight is 332 g/mol. The minimum absolute atomic E-state index is 0.280. The zero-order valence-electron chi connectivity index (χ0n) is 14.1. The number of aromatic nitrogens is 1. The molecule has 2 fully saturated rings. The number of rotatable bonds is 1. The highest BCUT2D eigenvalue weighted by Crippen LogP contribution is 2.38. The Morgan fingerprint density at radius 1 is 0.960 bits per heavy atom. The molecular formula is C21H20N2O2. The van der Waals surface area contributed by atoms with E-state index in [4.69, 9.17) is 4.74 Å². The van der Waals surface area contributed by atoms with E-state index >= 15 is 0 Å². The van der Waals surface area contributed by atoms with Gasteiger partial charge in [0.25, 0.3) is 0 Å². The zero-order chi connectivity index (χ0) is 17.1. The van der Waals surface area contributed by atoms with Gasteiger partial charge >= 0.3 is 6.09 Å². The number of carbonyl (C=O) groups is 1. The summed E-state index contributed by atoms with van der Waals surface area (Å²) in [6.07, 6.45) is 6.82. The first kappa shape index (κ1) is 15.7. The first-order chi connectivity index (χ1) is 12.2. The molecule has 2 heterocycles. The molecule has 1 aromatic carbocycles. The standard InChI is InChI=1S/C21H20N2O2/c24-20-23(16-21(25-20)13-5-2-6-14-21)19-12-11-18(15-22-19)10-9-17-7-3-1-4-8-17/h1,3-4,7-8,11-12,15H,2,5-6,13-14,16H2. The van der Waals surface area contributed by atoms with Gasteiger partial charge in [-0.1, -0.05) is 36.5 Å². The molecule has 126 valence electrons. The van der Waals surface area contributed by atoms with Crippen LogP contribution in [0.4, 0.5) is 10.6 Å². The second-order valence-corrected chi connectivity index (χ2v) is 6.72. The summed E-state index contributed by atoms with van der Waals surface area (Å²) < 4.78 is 5.71. The molecule has 1 saturated carbocycles. The van der Waals surface area contributed by atoms with Crippen LogP contribution in [0.25, 0.3) is 0 Å². The molecule has 4 heteroatoms. The lowest BCUT2D eigenvalue weighted by atomic mass is 9.85. The Balaban J connectivity index is 1.49. The van der Waals surface area contributed by atoms with Gasteiger partial charge in [0.05, 0.1) is 6.54 Å². The second-order valence-electron chi connectivity index (χ2n) is 6.72. The predicted molar refractivity (Wildman–Crippen MR) is 96.3 cm³/mol. The van der Waals surface area contributed by atoms with Crippen molar-refractivity contribution in [3.63, 3.8) is 0 Å². The number of hydrogen-bond acceptors (Lipinski definition) is 3. The van der Waals surface area contributed by atoms with Crippen LogP contribution < -0.4 is 4.90 Å². The van der Waals surface area contributed by atoms with Crippen molar-refractivity contribution in [1.29, 1.82) is 0 Å². The molecule has 1 saturated heterocycles. The van der Waals surface area contributed by atoms with E-state index in [-0.39, 0.29) is 11.7 Å². The molecule has 25 heavy (non-hydrogen) atoms. The van der Waals surface area contributed by atoms with Gasteiger partial charge in [-0.25, -0.2) is 9.78 Å². The van der Waals surface area contributed by atoms with Crippen LogP contribution in [0.1, 0.15) is 43.2 Å². The Morgan fingerprint density at radius 3 is 2.44 bits per heavy atom. The number of benzene rings is 1. The largest absolute Gasteiger partial charge is 0.441 e. The quantitative estimate of drug-likeness (QED) is 0.737. The summed E-state index contributed by atoms with van der Waals surface area (Å²) in [6, 6.07) is 13.6. The minimum Gasteiger partial charge on any atom is -0.441 e. The van der Waals surface area contributed by atoms with Crippen LogP contribution in [-0.2, 0) is 4.74 Å². The molecule has 4 rings (SSSR count). The summed E-state index contributed by atoms with van der Waals surface area (Å²) in [5, 5.41) is 0. The van der Waals surface area contributed by atoms with Gasteiger partial charge in [-0.05, 0) is 49.9 Å². The normalized spacial score (nSPS) is 18.6. The number of anilines is 1. The fourth-order valence-electron chi connectivity index (χ4n) is 3.54. The van der Waals surface area contributed by atoms with E-state index in [1.165, 1.54) is 6.42 Å². The topological polar surface area (TPSA) is 42.4 Å². The van der Waals surface area contributed by atoms with Gasteiger partial charge in [0, 0.05) is 17.3 Å². The molecule has 0 bridgehead atoms. The molecule has 4 nitrogen and oxygen atoms in total. The van der Waals surface area contributed by atoms with E-state index in [0.29, 0.717) is 12.4 Å². The average Bonchev–Trinajstić information content (AvgIpc) is 2.97. The van der Waals surface area contributed by atoms with E-state index < -0.39 is 0 Å². The molecule has 1 aliphatic heterocycles. The van der Waals surface area contributed by atoms with Gasteiger partial charge in [-0.2, -0.15) is 0 Å². The van der Waals surface area contributed by atoms with Crippen molar-refractivity contribution < 1.29 is 9.53 Å². The van der Waals surface area contributed by atoms with E-state index in [9.17, 15) is 4.79 Å². The summed E-state index contributed by atoms with van der Waals surface area (Å²) in [5.41, 5.74) is 1.49. The maximum Gasteiger partial charge on any atom is 0.416 e. The third-order valence-corrected chi connectivity index (χ3v) is 4.88. The monoisotopic (exact) mass is 332 g/mol. The zero-order valence-corrected chi connectivity index (χ0v) is 14.1. The Kier molecular flexibility index (Phi) is 4.15. The highest BCUT2D eigenvalue weighted by molar-refractivity contribution is 5.89. The summed E-state index contributed by atoms with van der Waals surface area (Å²) >= 11 is 0. The molecule has 0 N–H and O–H groups in total. The van der Waals surface area contributed by atoms with Crippen molar-refractivity contribution in [2.75, 3.05) is 11.4 Å².